The summed E-state index contributed by atoms with van der Waals surface area (Å²) in [6.45, 7) is 4.18. The molecule has 2 amide bonds. The molecule has 11 heteroatoms. The number of benzene rings is 3. The summed E-state index contributed by atoms with van der Waals surface area (Å²) in [5.74, 6) is 0.116. The molecule has 0 radical (unpaired) electrons. The lowest BCUT2D eigenvalue weighted by molar-refractivity contribution is -0.127. The molecule has 3 aromatic rings. The van der Waals surface area contributed by atoms with Crippen LogP contribution in [-0.4, -0.2) is 75.2 Å². The van der Waals surface area contributed by atoms with E-state index in [-0.39, 0.29) is 17.8 Å². The molecule has 2 heterocycles. The second-order valence-corrected chi connectivity index (χ2v) is 12.5. The number of likely N-dealkylation sites (tertiary alicyclic amines) is 2. The molecule has 2 aliphatic rings. The van der Waals surface area contributed by atoms with E-state index in [1.807, 2.05) is 17.0 Å². The van der Waals surface area contributed by atoms with Gasteiger partial charge in [0.25, 0.3) is 5.91 Å². The first-order valence-electron chi connectivity index (χ1n) is 14.9. The number of hydrogen-bond donors (Lipinski definition) is 1. The zero-order chi connectivity index (χ0) is 32.5. The quantitative estimate of drug-likeness (QED) is 0.310. The maximum absolute atomic E-state index is 14.1. The van der Waals surface area contributed by atoms with Gasteiger partial charge in [-0.25, -0.2) is 4.39 Å². The van der Waals surface area contributed by atoms with Gasteiger partial charge in [-0.1, -0.05) is 48.3 Å². The molecule has 3 atom stereocenters. The van der Waals surface area contributed by atoms with Crippen molar-refractivity contribution in [2.75, 3.05) is 47.5 Å². The fourth-order valence-corrected chi connectivity index (χ4v) is 7.57. The van der Waals surface area contributed by atoms with Crippen molar-refractivity contribution in [2.24, 2.45) is 5.73 Å². The smallest absolute Gasteiger partial charge is 0.254 e. The topological polar surface area (TPSA) is 94.3 Å². The summed E-state index contributed by atoms with van der Waals surface area (Å²) < 4.78 is 30.4. The number of rotatable bonds is 9. The first kappa shape index (κ1) is 32.9. The maximum atomic E-state index is 14.1. The van der Waals surface area contributed by atoms with E-state index in [0.29, 0.717) is 83.9 Å². The highest BCUT2D eigenvalue weighted by molar-refractivity contribution is 6.42. The number of nitrogens with zero attached hydrogens (tertiary/aromatic N) is 2. The summed E-state index contributed by atoms with van der Waals surface area (Å²) in [4.78, 5) is 31.7. The van der Waals surface area contributed by atoms with Crippen molar-refractivity contribution in [2.45, 2.75) is 43.1 Å². The highest BCUT2D eigenvalue weighted by Crippen LogP contribution is 2.50. The average molecular weight is 659 g/mol. The third-order valence-electron chi connectivity index (χ3n) is 9.72. The fourth-order valence-electron chi connectivity index (χ4n) is 7.27. The van der Waals surface area contributed by atoms with E-state index in [4.69, 9.17) is 43.1 Å². The SMILES string of the molecule is CCN1CCC(C(N)=O)(c2ccc(F)cc2)CC1C1(c2ccc(Cl)c(Cl)c2)CCN(C(=O)c2cc(OC)c(OC)c(OC)c2)C1. The Labute approximate surface area is 273 Å². The van der Waals surface area contributed by atoms with Gasteiger partial charge in [-0.3, -0.25) is 14.5 Å². The molecule has 2 saturated heterocycles. The van der Waals surface area contributed by atoms with Crippen molar-refractivity contribution in [3.05, 3.63) is 87.2 Å². The lowest BCUT2D eigenvalue weighted by Crippen LogP contribution is -2.61. The summed E-state index contributed by atoms with van der Waals surface area (Å²) in [5.41, 5.74) is 6.52. The zero-order valence-corrected chi connectivity index (χ0v) is 27.4. The Morgan fingerprint density at radius 2 is 1.56 bits per heavy atom. The second-order valence-electron chi connectivity index (χ2n) is 11.7. The van der Waals surface area contributed by atoms with Crippen molar-refractivity contribution >= 4 is 35.0 Å². The van der Waals surface area contributed by atoms with E-state index in [0.717, 1.165) is 5.56 Å². The number of hydrogen-bond acceptors (Lipinski definition) is 6. The lowest BCUT2D eigenvalue weighted by atomic mass is 9.61. The van der Waals surface area contributed by atoms with Gasteiger partial charge in [0, 0.05) is 30.1 Å². The van der Waals surface area contributed by atoms with Gasteiger partial charge >= 0.3 is 0 Å². The molecule has 3 aromatic carbocycles. The fraction of sp³-hybridized carbons (Fsp3) is 0.412. The van der Waals surface area contributed by atoms with Crippen molar-refractivity contribution in [1.29, 1.82) is 0 Å². The molecular weight excluding hydrogens is 620 g/mol. The summed E-state index contributed by atoms with van der Waals surface area (Å²) >= 11 is 13.0. The molecule has 0 bridgehead atoms. The molecule has 0 aliphatic carbocycles. The number of piperidine rings is 1. The average Bonchev–Trinajstić information content (AvgIpc) is 3.51. The van der Waals surface area contributed by atoms with Crippen LogP contribution in [0.3, 0.4) is 0 Å². The van der Waals surface area contributed by atoms with Crippen molar-refractivity contribution in [1.82, 2.24) is 9.80 Å². The van der Waals surface area contributed by atoms with Gasteiger partial charge in [0.05, 0.1) is 36.8 Å². The van der Waals surface area contributed by atoms with E-state index >= 15 is 0 Å². The number of methoxy groups -OCH3 is 3. The van der Waals surface area contributed by atoms with Crippen LogP contribution >= 0.6 is 23.2 Å². The van der Waals surface area contributed by atoms with Gasteiger partial charge in [0.15, 0.2) is 11.5 Å². The Hall–Kier alpha value is -3.53. The van der Waals surface area contributed by atoms with Crippen LogP contribution in [0.15, 0.2) is 54.6 Å². The lowest BCUT2D eigenvalue weighted by Gasteiger charge is -2.52. The Morgan fingerprint density at radius 3 is 2.11 bits per heavy atom. The largest absolute Gasteiger partial charge is 0.493 e. The van der Waals surface area contributed by atoms with Gasteiger partial charge in [0.1, 0.15) is 5.82 Å². The molecule has 0 aromatic heterocycles. The Morgan fingerprint density at radius 1 is 0.911 bits per heavy atom. The van der Waals surface area contributed by atoms with Crippen LogP contribution in [0.4, 0.5) is 4.39 Å². The Bertz CT molecular complexity index is 1560. The number of amides is 2. The molecule has 2 N–H and O–H groups in total. The number of nitrogens with two attached hydrogens (primary N) is 1. The van der Waals surface area contributed by atoms with Gasteiger partial charge in [-0.15, -0.1) is 0 Å². The Balaban J connectivity index is 1.61. The zero-order valence-electron chi connectivity index (χ0n) is 25.9. The number of halogens is 3. The van der Waals surface area contributed by atoms with Gasteiger partial charge in [-0.2, -0.15) is 0 Å². The minimum absolute atomic E-state index is 0.199. The molecule has 0 saturated carbocycles. The van der Waals surface area contributed by atoms with Gasteiger partial charge < -0.3 is 24.8 Å². The molecular formula is C34H38Cl2FN3O5. The van der Waals surface area contributed by atoms with Crippen molar-refractivity contribution in [3.8, 4) is 17.2 Å². The number of carbonyl (C=O) groups is 2. The molecule has 8 nitrogen and oxygen atoms in total. The van der Waals surface area contributed by atoms with Crippen LogP contribution in [0.25, 0.3) is 0 Å². The standard InChI is InChI=1S/C34H38Cl2FN3O5/c1-5-39-14-12-33(32(38)42,22-6-9-24(37)10-7-22)19-29(39)34(23-8-11-25(35)26(36)18-23)13-15-40(20-34)31(41)21-16-27(43-2)30(45-4)28(17-21)44-3/h6-11,16-18,29H,5,12-15,19-20H2,1-4H3,(H2,38,42). The van der Waals surface area contributed by atoms with E-state index in [1.165, 1.54) is 33.5 Å². The van der Waals surface area contributed by atoms with Crippen LogP contribution in [0.1, 0.15) is 47.7 Å². The number of likely N-dealkylation sites (N-methyl/N-ethyl adjacent to an activating group) is 1. The maximum Gasteiger partial charge on any atom is 0.254 e. The summed E-state index contributed by atoms with van der Waals surface area (Å²) in [6, 6.07) is 14.7. The molecule has 2 aliphatic heterocycles. The first-order valence-corrected chi connectivity index (χ1v) is 15.6. The number of ether oxygens (including phenoxy) is 3. The van der Waals surface area contributed by atoms with Crippen LogP contribution in [0, 0.1) is 5.82 Å². The van der Waals surface area contributed by atoms with Crippen molar-refractivity contribution in [3.63, 3.8) is 0 Å². The monoisotopic (exact) mass is 657 g/mol. The van der Waals surface area contributed by atoms with Crippen LogP contribution in [0.5, 0.6) is 17.2 Å². The van der Waals surface area contributed by atoms with Crippen LogP contribution in [0.2, 0.25) is 10.0 Å². The third-order valence-corrected chi connectivity index (χ3v) is 10.5. The number of carbonyl (C=O) groups excluding carboxylic acids is 2. The highest BCUT2D eigenvalue weighted by atomic mass is 35.5. The molecule has 45 heavy (non-hydrogen) atoms. The minimum Gasteiger partial charge on any atom is -0.493 e. The predicted molar refractivity (Wildman–Crippen MR) is 172 cm³/mol. The van der Waals surface area contributed by atoms with E-state index < -0.39 is 16.7 Å². The normalized spacial score (nSPS) is 23.5. The minimum atomic E-state index is -1.03. The molecule has 240 valence electrons. The van der Waals surface area contributed by atoms with Gasteiger partial charge in [0.2, 0.25) is 11.7 Å². The first-order chi connectivity index (χ1) is 21.5. The molecule has 5 rings (SSSR count). The van der Waals surface area contributed by atoms with Crippen LogP contribution in [-0.2, 0) is 15.6 Å². The second kappa shape index (κ2) is 13.1. The predicted octanol–water partition coefficient (Wildman–Crippen LogP) is 5.85. The highest BCUT2D eigenvalue weighted by Gasteiger charge is 2.55. The molecule has 0 spiro atoms. The molecule has 3 unspecified atom stereocenters. The third kappa shape index (κ3) is 5.82. The van der Waals surface area contributed by atoms with E-state index in [1.54, 1.807) is 30.3 Å². The van der Waals surface area contributed by atoms with E-state index in [9.17, 15) is 14.0 Å². The van der Waals surface area contributed by atoms with Gasteiger partial charge in [-0.05, 0) is 79.9 Å². The number of primary amides is 1. The Kier molecular flexibility index (Phi) is 9.54. The summed E-state index contributed by atoms with van der Waals surface area (Å²) in [7, 11) is 4.52. The van der Waals surface area contributed by atoms with Crippen molar-refractivity contribution < 1.29 is 28.2 Å². The summed E-state index contributed by atoms with van der Waals surface area (Å²) in [5, 5.41) is 0.828. The molecule has 2 fully saturated rings. The summed E-state index contributed by atoms with van der Waals surface area (Å²) in [6.07, 6.45) is 1.47. The van der Waals surface area contributed by atoms with Crippen LogP contribution < -0.4 is 19.9 Å². The van der Waals surface area contributed by atoms with E-state index in [2.05, 4.69) is 11.8 Å².